The second kappa shape index (κ2) is 13.3. The Morgan fingerprint density at radius 3 is 2.82 bits per heavy atom. The molecule has 0 spiro atoms. The molecule has 0 radical (unpaired) electrons. The van der Waals surface area contributed by atoms with Crippen LogP contribution >= 0.6 is 0 Å². The molecule has 1 saturated heterocycles. The summed E-state index contributed by atoms with van der Waals surface area (Å²) in [4.78, 5) is 4.61. The van der Waals surface area contributed by atoms with Crippen LogP contribution in [0.4, 0.5) is 4.39 Å². The van der Waals surface area contributed by atoms with Gasteiger partial charge in [0.15, 0.2) is 5.96 Å². The summed E-state index contributed by atoms with van der Waals surface area (Å²) in [5.41, 5.74) is 0. The van der Waals surface area contributed by atoms with Crippen molar-refractivity contribution in [3.05, 3.63) is 30.1 Å². The van der Waals surface area contributed by atoms with Gasteiger partial charge in [0, 0.05) is 39.0 Å². The number of ether oxygens (including phenoxy) is 3. The van der Waals surface area contributed by atoms with Crippen molar-refractivity contribution in [1.29, 1.82) is 0 Å². The van der Waals surface area contributed by atoms with Crippen molar-refractivity contribution in [2.75, 3.05) is 39.5 Å². The summed E-state index contributed by atoms with van der Waals surface area (Å²) in [6.07, 6.45) is 3.91. The highest BCUT2D eigenvalue weighted by molar-refractivity contribution is 5.79. The highest BCUT2D eigenvalue weighted by Crippen LogP contribution is 2.15. The first kappa shape index (κ1) is 22.4. The van der Waals surface area contributed by atoms with Gasteiger partial charge in [-0.3, -0.25) is 0 Å². The zero-order chi connectivity index (χ0) is 20.0. The Labute approximate surface area is 167 Å². The monoisotopic (exact) mass is 395 g/mol. The summed E-state index contributed by atoms with van der Waals surface area (Å²) >= 11 is 0. The lowest BCUT2D eigenvalue weighted by molar-refractivity contribution is -0.0320. The molecule has 0 aliphatic carbocycles. The fraction of sp³-hybridized carbons (Fsp3) is 0.667. The van der Waals surface area contributed by atoms with Crippen LogP contribution in [0.5, 0.6) is 5.75 Å². The summed E-state index contributed by atoms with van der Waals surface area (Å²) in [7, 11) is 0. The van der Waals surface area contributed by atoms with Crippen LogP contribution in [0.15, 0.2) is 29.3 Å². The predicted molar refractivity (Wildman–Crippen MR) is 109 cm³/mol. The Bertz CT molecular complexity index is 580. The molecule has 2 rings (SSSR count). The quantitative estimate of drug-likeness (QED) is 0.342. The van der Waals surface area contributed by atoms with Crippen LogP contribution in [0.1, 0.15) is 39.5 Å². The van der Waals surface area contributed by atoms with E-state index in [0.29, 0.717) is 18.4 Å². The second-order valence-electron chi connectivity index (χ2n) is 6.79. The number of hydrogen-bond donors (Lipinski definition) is 2. The molecule has 1 aliphatic rings. The summed E-state index contributed by atoms with van der Waals surface area (Å²) < 4.78 is 30.4. The Morgan fingerprint density at radius 2 is 2.11 bits per heavy atom. The minimum absolute atomic E-state index is 0.103. The lowest BCUT2D eigenvalue weighted by atomic mass is 10.1. The molecule has 1 aliphatic heterocycles. The van der Waals surface area contributed by atoms with Gasteiger partial charge in [0.25, 0.3) is 0 Å². The van der Waals surface area contributed by atoms with E-state index in [9.17, 15) is 4.39 Å². The Kier molecular flexibility index (Phi) is 10.7. The smallest absolute Gasteiger partial charge is 0.191 e. The minimum Gasteiger partial charge on any atom is -0.488 e. The van der Waals surface area contributed by atoms with Crippen molar-refractivity contribution in [2.24, 2.45) is 4.99 Å². The summed E-state index contributed by atoms with van der Waals surface area (Å²) in [5.74, 6) is 0.994. The number of benzene rings is 1. The molecule has 6 nitrogen and oxygen atoms in total. The van der Waals surface area contributed by atoms with Crippen LogP contribution in [-0.2, 0) is 9.47 Å². The number of hydrogen-bond acceptors (Lipinski definition) is 4. The molecule has 0 aromatic heterocycles. The van der Waals surface area contributed by atoms with Gasteiger partial charge >= 0.3 is 0 Å². The van der Waals surface area contributed by atoms with E-state index >= 15 is 0 Å². The fourth-order valence-corrected chi connectivity index (χ4v) is 2.89. The van der Waals surface area contributed by atoms with E-state index in [1.54, 1.807) is 12.1 Å². The maximum atomic E-state index is 13.3. The normalized spacial score (nSPS) is 16.6. The molecule has 0 bridgehead atoms. The van der Waals surface area contributed by atoms with E-state index in [1.807, 2.05) is 13.8 Å². The summed E-state index contributed by atoms with van der Waals surface area (Å²) in [6.45, 7) is 8.48. The highest BCUT2D eigenvalue weighted by Gasteiger charge is 2.13. The average molecular weight is 396 g/mol. The molecule has 1 atom stereocenters. The van der Waals surface area contributed by atoms with Crippen LogP contribution in [0.2, 0.25) is 0 Å². The first-order valence-corrected chi connectivity index (χ1v) is 10.3. The van der Waals surface area contributed by atoms with E-state index in [0.717, 1.165) is 64.6 Å². The van der Waals surface area contributed by atoms with Crippen LogP contribution in [-0.4, -0.2) is 57.6 Å². The molecule has 0 amide bonds. The van der Waals surface area contributed by atoms with Crippen molar-refractivity contribution in [3.8, 4) is 5.75 Å². The first-order valence-electron chi connectivity index (χ1n) is 10.3. The van der Waals surface area contributed by atoms with Gasteiger partial charge in [-0.15, -0.1) is 0 Å². The average Bonchev–Trinajstić information content (AvgIpc) is 2.71. The largest absolute Gasteiger partial charge is 0.488 e. The molecule has 1 fully saturated rings. The van der Waals surface area contributed by atoms with E-state index < -0.39 is 0 Å². The van der Waals surface area contributed by atoms with Gasteiger partial charge in [-0.25, -0.2) is 9.38 Å². The highest BCUT2D eigenvalue weighted by atomic mass is 19.1. The number of aliphatic imine (C=N–C) groups is 1. The topological polar surface area (TPSA) is 64.1 Å². The second-order valence-corrected chi connectivity index (χ2v) is 6.79. The molecule has 7 heteroatoms. The number of nitrogens with zero attached hydrogens (tertiary/aromatic N) is 1. The molecule has 1 aromatic carbocycles. The fourth-order valence-electron chi connectivity index (χ4n) is 2.89. The van der Waals surface area contributed by atoms with Crippen molar-refractivity contribution < 1.29 is 18.6 Å². The third kappa shape index (κ3) is 8.89. The van der Waals surface area contributed by atoms with Crippen LogP contribution in [0.3, 0.4) is 0 Å². The van der Waals surface area contributed by atoms with Crippen LogP contribution in [0.25, 0.3) is 0 Å². The zero-order valence-corrected chi connectivity index (χ0v) is 17.1. The Balaban J connectivity index is 1.71. The van der Waals surface area contributed by atoms with Gasteiger partial charge in [0.05, 0.1) is 12.6 Å². The van der Waals surface area contributed by atoms with Gasteiger partial charge in [0.1, 0.15) is 17.7 Å². The molecular formula is C21H34FN3O3. The van der Waals surface area contributed by atoms with Crippen LogP contribution < -0.4 is 15.4 Å². The van der Waals surface area contributed by atoms with E-state index in [1.165, 1.54) is 12.1 Å². The lowest BCUT2D eigenvalue weighted by Crippen LogP contribution is -2.39. The molecule has 1 aromatic rings. The third-order valence-electron chi connectivity index (χ3n) is 4.49. The standard InChI is InChI=1S/C21H34FN3O3/c1-3-18(28-20-8-5-7-17(22)15-20)16-25-21(23-4-2)24-11-6-12-27-19-9-13-26-14-10-19/h5,7-8,15,18-19H,3-4,6,9-14,16H2,1-2H3,(H2,23,24,25). The number of halogens is 1. The Hall–Kier alpha value is -1.86. The maximum absolute atomic E-state index is 13.3. The van der Waals surface area contributed by atoms with E-state index in [4.69, 9.17) is 14.2 Å². The summed E-state index contributed by atoms with van der Waals surface area (Å²) in [5, 5.41) is 6.57. The minimum atomic E-state index is -0.297. The first-order chi connectivity index (χ1) is 13.7. The number of rotatable bonds is 11. The van der Waals surface area contributed by atoms with E-state index in [2.05, 4.69) is 15.6 Å². The lowest BCUT2D eigenvalue weighted by Gasteiger charge is -2.22. The van der Waals surface area contributed by atoms with Crippen molar-refractivity contribution in [1.82, 2.24) is 10.6 Å². The van der Waals surface area contributed by atoms with Gasteiger partial charge in [-0.2, -0.15) is 0 Å². The molecular weight excluding hydrogens is 361 g/mol. The van der Waals surface area contributed by atoms with Crippen molar-refractivity contribution >= 4 is 5.96 Å². The maximum Gasteiger partial charge on any atom is 0.191 e. The van der Waals surface area contributed by atoms with E-state index in [-0.39, 0.29) is 11.9 Å². The molecule has 1 heterocycles. The SMILES string of the molecule is CCNC(=NCC(CC)Oc1cccc(F)c1)NCCCOC1CCOCC1. The van der Waals surface area contributed by atoms with Gasteiger partial charge < -0.3 is 24.8 Å². The number of nitrogens with one attached hydrogen (secondary N) is 2. The van der Waals surface area contributed by atoms with Gasteiger partial charge in [-0.05, 0) is 44.7 Å². The summed E-state index contributed by atoms with van der Waals surface area (Å²) in [6, 6.07) is 6.21. The van der Waals surface area contributed by atoms with Crippen LogP contribution in [0, 0.1) is 5.82 Å². The Morgan fingerprint density at radius 1 is 1.29 bits per heavy atom. The molecule has 2 N–H and O–H groups in total. The molecule has 28 heavy (non-hydrogen) atoms. The molecule has 158 valence electrons. The molecule has 1 unspecified atom stereocenters. The van der Waals surface area contributed by atoms with Gasteiger partial charge in [-0.1, -0.05) is 13.0 Å². The van der Waals surface area contributed by atoms with Gasteiger partial charge in [0.2, 0.25) is 0 Å². The zero-order valence-electron chi connectivity index (χ0n) is 17.1. The number of guanidine groups is 1. The van der Waals surface area contributed by atoms with Crippen molar-refractivity contribution in [3.63, 3.8) is 0 Å². The molecule has 0 saturated carbocycles. The van der Waals surface area contributed by atoms with Crippen molar-refractivity contribution in [2.45, 2.75) is 51.7 Å². The third-order valence-corrected chi connectivity index (χ3v) is 4.49. The predicted octanol–water partition coefficient (Wildman–Crippen LogP) is 3.12.